The Hall–Kier alpha value is -2.98. The van der Waals surface area contributed by atoms with E-state index in [0.29, 0.717) is 5.56 Å². The standard InChI is InChI=1S/C26H29N5O3S/c1-27-26(32)20-15-22(23-5-3-18(35-23)16-30-6-10-33-11-7-30)29-24-19-4-2-17(14-21(19)28-25(20)24)31-8-12-34-13-9-31/h2-5,14-15,28H,6-13,16H2,1H3,(H,27,32). The molecule has 2 aliphatic heterocycles. The van der Waals surface area contributed by atoms with E-state index >= 15 is 0 Å². The number of amides is 1. The van der Waals surface area contributed by atoms with E-state index in [1.807, 2.05) is 6.07 Å². The summed E-state index contributed by atoms with van der Waals surface area (Å²) in [5, 5.41) is 3.82. The van der Waals surface area contributed by atoms with Crippen LogP contribution < -0.4 is 10.2 Å². The van der Waals surface area contributed by atoms with Gasteiger partial charge in [-0.1, -0.05) is 0 Å². The summed E-state index contributed by atoms with van der Waals surface area (Å²) >= 11 is 1.74. The Kier molecular flexibility index (Phi) is 6.15. The van der Waals surface area contributed by atoms with Crippen molar-refractivity contribution in [3.8, 4) is 10.6 Å². The number of pyridine rings is 1. The second kappa shape index (κ2) is 9.58. The van der Waals surface area contributed by atoms with Crippen molar-refractivity contribution in [1.82, 2.24) is 20.2 Å². The zero-order valence-corrected chi connectivity index (χ0v) is 20.6. The van der Waals surface area contributed by atoms with Crippen molar-refractivity contribution in [2.24, 2.45) is 0 Å². The number of carbonyl (C=O) groups excluding carboxylic acids is 1. The number of aromatic amines is 1. The summed E-state index contributed by atoms with van der Waals surface area (Å²) in [6.45, 7) is 7.65. The van der Waals surface area contributed by atoms with Gasteiger partial charge >= 0.3 is 0 Å². The second-order valence-corrected chi connectivity index (χ2v) is 10.1. The second-order valence-electron chi connectivity index (χ2n) is 8.97. The maximum Gasteiger partial charge on any atom is 0.253 e. The van der Waals surface area contributed by atoms with Crippen LogP contribution in [0.5, 0.6) is 0 Å². The SMILES string of the molecule is CNC(=O)c1cc(-c2ccc(CN3CCOCC3)s2)nc2c1[nH]c1cc(N3CCOCC3)ccc12. The Morgan fingerprint density at radius 2 is 1.83 bits per heavy atom. The van der Waals surface area contributed by atoms with E-state index < -0.39 is 0 Å². The zero-order valence-electron chi connectivity index (χ0n) is 19.8. The van der Waals surface area contributed by atoms with Gasteiger partial charge in [0.1, 0.15) is 0 Å². The molecule has 0 radical (unpaired) electrons. The highest BCUT2D eigenvalue weighted by Gasteiger charge is 2.20. The normalized spacial score (nSPS) is 17.3. The molecule has 0 spiro atoms. The molecule has 0 atom stereocenters. The van der Waals surface area contributed by atoms with Crippen LogP contribution in [0.25, 0.3) is 32.5 Å². The molecule has 2 fully saturated rings. The zero-order chi connectivity index (χ0) is 23.8. The number of H-pyrrole nitrogens is 1. The molecule has 1 aromatic carbocycles. The van der Waals surface area contributed by atoms with Crippen molar-refractivity contribution < 1.29 is 14.3 Å². The lowest BCUT2D eigenvalue weighted by molar-refractivity contribution is 0.0346. The number of carbonyl (C=O) groups is 1. The number of morpholine rings is 2. The lowest BCUT2D eigenvalue weighted by atomic mass is 10.1. The minimum atomic E-state index is -0.122. The van der Waals surface area contributed by atoms with Gasteiger partial charge in [0, 0.05) is 55.7 Å². The summed E-state index contributed by atoms with van der Waals surface area (Å²) in [6, 6.07) is 12.6. The number of benzene rings is 1. The Labute approximate surface area is 207 Å². The van der Waals surface area contributed by atoms with Gasteiger partial charge in [0.25, 0.3) is 5.91 Å². The molecule has 2 saturated heterocycles. The van der Waals surface area contributed by atoms with Gasteiger partial charge in [0.05, 0.1) is 59.1 Å². The number of rotatable bonds is 5. The van der Waals surface area contributed by atoms with E-state index in [1.54, 1.807) is 18.4 Å². The minimum absolute atomic E-state index is 0.122. The molecular formula is C26H29N5O3S. The molecule has 0 saturated carbocycles. The Balaban J connectivity index is 1.39. The lowest BCUT2D eigenvalue weighted by Gasteiger charge is -2.28. The molecule has 35 heavy (non-hydrogen) atoms. The van der Waals surface area contributed by atoms with E-state index in [0.717, 1.165) is 97.3 Å². The Morgan fingerprint density at radius 1 is 1.06 bits per heavy atom. The molecule has 8 nitrogen and oxygen atoms in total. The summed E-state index contributed by atoms with van der Waals surface area (Å²) in [5.41, 5.74) is 5.17. The van der Waals surface area contributed by atoms with Crippen molar-refractivity contribution in [3.63, 3.8) is 0 Å². The van der Waals surface area contributed by atoms with Crippen molar-refractivity contribution in [2.45, 2.75) is 6.54 Å². The third kappa shape index (κ3) is 4.40. The minimum Gasteiger partial charge on any atom is -0.379 e. The van der Waals surface area contributed by atoms with Gasteiger partial charge < -0.3 is 24.7 Å². The number of hydrogen-bond acceptors (Lipinski definition) is 7. The number of nitrogens with zero attached hydrogens (tertiary/aromatic N) is 3. The van der Waals surface area contributed by atoms with Gasteiger partial charge in [-0.25, -0.2) is 4.98 Å². The maximum atomic E-state index is 12.9. The summed E-state index contributed by atoms with van der Waals surface area (Å²) in [6.07, 6.45) is 0. The lowest BCUT2D eigenvalue weighted by Crippen LogP contribution is -2.36. The maximum absolute atomic E-state index is 12.9. The third-order valence-corrected chi connectivity index (χ3v) is 7.88. The van der Waals surface area contributed by atoms with Crippen molar-refractivity contribution in [2.75, 3.05) is 64.6 Å². The van der Waals surface area contributed by atoms with Gasteiger partial charge in [-0.05, 0) is 36.4 Å². The average Bonchev–Trinajstić information content (AvgIpc) is 3.53. The topological polar surface area (TPSA) is 82.7 Å². The van der Waals surface area contributed by atoms with E-state index in [1.165, 1.54) is 4.88 Å². The van der Waals surface area contributed by atoms with Gasteiger partial charge in [-0.15, -0.1) is 11.3 Å². The predicted molar refractivity (Wildman–Crippen MR) is 139 cm³/mol. The van der Waals surface area contributed by atoms with Crippen molar-refractivity contribution in [3.05, 3.63) is 46.8 Å². The van der Waals surface area contributed by atoms with Crippen LogP contribution in [0.15, 0.2) is 36.4 Å². The summed E-state index contributed by atoms with van der Waals surface area (Å²) in [4.78, 5) is 28.5. The molecular weight excluding hydrogens is 462 g/mol. The van der Waals surface area contributed by atoms with Crippen LogP contribution in [0, 0.1) is 0 Å². The Bertz CT molecular complexity index is 1370. The summed E-state index contributed by atoms with van der Waals surface area (Å²) < 4.78 is 11.0. The van der Waals surface area contributed by atoms with Crippen LogP contribution in [0.1, 0.15) is 15.2 Å². The van der Waals surface area contributed by atoms with Crippen LogP contribution in [0.4, 0.5) is 5.69 Å². The predicted octanol–water partition coefficient (Wildman–Crippen LogP) is 3.47. The molecule has 0 bridgehead atoms. The highest BCUT2D eigenvalue weighted by molar-refractivity contribution is 7.15. The highest BCUT2D eigenvalue weighted by atomic mass is 32.1. The first-order valence-corrected chi connectivity index (χ1v) is 12.9. The molecule has 2 N–H and O–H groups in total. The smallest absolute Gasteiger partial charge is 0.253 e. The molecule has 0 unspecified atom stereocenters. The molecule has 3 aromatic heterocycles. The number of aromatic nitrogens is 2. The van der Waals surface area contributed by atoms with E-state index in [4.69, 9.17) is 14.5 Å². The van der Waals surface area contributed by atoms with Crippen LogP contribution in [-0.4, -0.2) is 80.4 Å². The quantitative estimate of drug-likeness (QED) is 0.445. The Morgan fingerprint density at radius 3 is 2.60 bits per heavy atom. The van der Waals surface area contributed by atoms with Crippen molar-refractivity contribution >= 4 is 44.9 Å². The first kappa shape index (κ1) is 22.5. The van der Waals surface area contributed by atoms with Crippen LogP contribution in [0.3, 0.4) is 0 Å². The van der Waals surface area contributed by atoms with Gasteiger partial charge in [0.15, 0.2) is 0 Å². The van der Waals surface area contributed by atoms with Crippen LogP contribution in [0.2, 0.25) is 0 Å². The van der Waals surface area contributed by atoms with Crippen molar-refractivity contribution in [1.29, 1.82) is 0 Å². The van der Waals surface area contributed by atoms with Gasteiger partial charge in [-0.2, -0.15) is 0 Å². The molecule has 0 aliphatic carbocycles. The molecule has 4 aromatic rings. The first-order valence-electron chi connectivity index (χ1n) is 12.1. The fraction of sp³-hybridized carbons (Fsp3) is 0.385. The monoisotopic (exact) mass is 491 g/mol. The molecule has 2 aliphatic rings. The first-order chi connectivity index (χ1) is 17.2. The van der Waals surface area contributed by atoms with E-state index in [2.05, 4.69) is 50.4 Å². The number of anilines is 1. The van der Waals surface area contributed by atoms with Crippen LogP contribution >= 0.6 is 11.3 Å². The molecule has 1 amide bonds. The van der Waals surface area contributed by atoms with Gasteiger partial charge in [-0.3, -0.25) is 9.69 Å². The molecule has 9 heteroatoms. The largest absolute Gasteiger partial charge is 0.379 e. The molecule has 6 rings (SSSR count). The average molecular weight is 492 g/mol. The van der Waals surface area contributed by atoms with Crippen LogP contribution in [-0.2, 0) is 16.0 Å². The third-order valence-electron chi connectivity index (χ3n) is 6.78. The fourth-order valence-corrected chi connectivity index (χ4v) is 5.89. The number of fused-ring (bicyclic) bond motifs is 3. The molecule has 182 valence electrons. The highest BCUT2D eigenvalue weighted by Crippen LogP contribution is 2.34. The summed E-state index contributed by atoms with van der Waals surface area (Å²) in [5.74, 6) is -0.122. The fourth-order valence-electron chi connectivity index (χ4n) is 4.88. The number of ether oxygens (including phenoxy) is 2. The summed E-state index contributed by atoms with van der Waals surface area (Å²) in [7, 11) is 1.67. The number of nitrogens with one attached hydrogen (secondary N) is 2. The van der Waals surface area contributed by atoms with Gasteiger partial charge in [0.2, 0.25) is 0 Å². The number of thiophene rings is 1. The van der Waals surface area contributed by atoms with E-state index in [-0.39, 0.29) is 5.91 Å². The molecule has 5 heterocycles. The van der Waals surface area contributed by atoms with E-state index in [9.17, 15) is 4.79 Å². The number of hydrogen-bond donors (Lipinski definition) is 2.